The average Bonchev–Trinajstić information content (AvgIpc) is 2.37. The van der Waals surface area contributed by atoms with Gasteiger partial charge >= 0.3 is 5.97 Å². The SMILES string of the molecule is Cc1cccc(C(=O)Nc2cc(Br)cc(C(=O)O)c2)n1. The Morgan fingerprint density at radius 1 is 1.25 bits per heavy atom. The molecule has 20 heavy (non-hydrogen) atoms. The van der Waals surface area contributed by atoms with Crippen LogP contribution in [-0.2, 0) is 0 Å². The summed E-state index contributed by atoms with van der Waals surface area (Å²) in [6.07, 6.45) is 0. The first-order chi connectivity index (χ1) is 9.45. The molecule has 0 fully saturated rings. The van der Waals surface area contributed by atoms with Crippen LogP contribution in [0.2, 0.25) is 0 Å². The van der Waals surface area contributed by atoms with E-state index in [2.05, 4.69) is 26.2 Å². The number of amides is 1. The molecule has 102 valence electrons. The van der Waals surface area contributed by atoms with Gasteiger partial charge < -0.3 is 10.4 Å². The first-order valence-corrected chi connectivity index (χ1v) is 6.54. The second kappa shape index (κ2) is 5.83. The van der Waals surface area contributed by atoms with Gasteiger partial charge in [0.25, 0.3) is 5.91 Å². The van der Waals surface area contributed by atoms with Crippen LogP contribution in [-0.4, -0.2) is 22.0 Å². The van der Waals surface area contributed by atoms with Crippen molar-refractivity contribution < 1.29 is 14.7 Å². The van der Waals surface area contributed by atoms with Gasteiger partial charge in [-0.05, 0) is 37.3 Å². The van der Waals surface area contributed by atoms with Gasteiger partial charge in [-0.2, -0.15) is 0 Å². The van der Waals surface area contributed by atoms with Crippen molar-refractivity contribution in [2.24, 2.45) is 0 Å². The number of anilines is 1. The van der Waals surface area contributed by atoms with Crippen LogP contribution in [0.3, 0.4) is 0 Å². The van der Waals surface area contributed by atoms with E-state index in [0.717, 1.165) is 5.69 Å². The third kappa shape index (κ3) is 3.42. The Balaban J connectivity index is 2.26. The fourth-order valence-corrected chi connectivity index (χ4v) is 2.14. The van der Waals surface area contributed by atoms with Crippen molar-refractivity contribution in [1.29, 1.82) is 0 Å². The Morgan fingerprint density at radius 2 is 2.00 bits per heavy atom. The molecule has 1 aromatic heterocycles. The van der Waals surface area contributed by atoms with Gasteiger partial charge in [0, 0.05) is 15.9 Å². The summed E-state index contributed by atoms with van der Waals surface area (Å²) in [4.78, 5) is 27.1. The Kier molecular flexibility index (Phi) is 4.14. The number of aryl methyl sites for hydroxylation is 1. The zero-order chi connectivity index (χ0) is 14.7. The highest BCUT2D eigenvalue weighted by Gasteiger charge is 2.11. The number of aromatic nitrogens is 1. The fourth-order valence-electron chi connectivity index (χ4n) is 1.65. The summed E-state index contributed by atoms with van der Waals surface area (Å²) < 4.78 is 0.574. The molecule has 0 saturated heterocycles. The summed E-state index contributed by atoms with van der Waals surface area (Å²) in [5.41, 5.74) is 1.50. The van der Waals surface area contributed by atoms with Gasteiger partial charge in [0.15, 0.2) is 0 Å². The second-order valence-corrected chi connectivity index (χ2v) is 5.07. The van der Waals surface area contributed by atoms with E-state index in [1.807, 2.05) is 0 Å². The lowest BCUT2D eigenvalue weighted by Crippen LogP contribution is -2.14. The van der Waals surface area contributed by atoms with Gasteiger partial charge in [0.05, 0.1) is 5.56 Å². The Morgan fingerprint density at radius 3 is 2.65 bits per heavy atom. The molecular weight excluding hydrogens is 324 g/mol. The number of nitrogens with zero attached hydrogens (tertiary/aromatic N) is 1. The Hall–Kier alpha value is -2.21. The van der Waals surface area contributed by atoms with Crippen molar-refractivity contribution in [3.63, 3.8) is 0 Å². The standard InChI is InChI=1S/C14H11BrN2O3/c1-8-3-2-4-12(16-8)13(18)17-11-6-9(14(19)20)5-10(15)7-11/h2-7H,1H3,(H,17,18)(H,19,20). The molecule has 0 bridgehead atoms. The summed E-state index contributed by atoms with van der Waals surface area (Å²) in [5.74, 6) is -1.45. The largest absolute Gasteiger partial charge is 0.478 e. The summed E-state index contributed by atoms with van der Waals surface area (Å²) in [7, 11) is 0. The van der Waals surface area contributed by atoms with E-state index in [1.54, 1.807) is 31.2 Å². The first-order valence-electron chi connectivity index (χ1n) is 5.74. The molecule has 1 amide bonds. The van der Waals surface area contributed by atoms with Crippen molar-refractivity contribution in [3.05, 3.63) is 57.8 Å². The van der Waals surface area contributed by atoms with E-state index in [4.69, 9.17) is 5.11 Å². The highest BCUT2D eigenvalue weighted by Crippen LogP contribution is 2.20. The monoisotopic (exact) mass is 334 g/mol. The molecule has 2 N–H and O–H groups in total. The predicted octanol–water partition coefficient (Wildman–Crippen LogP) is 3.10. The number of carboxylic acids is 1. The smallest absolute Gasteiger partial charge is 0.335 e. The van der Waals surface area contributed by atoms with Crippen molar-refractivity contribution in [2.45, 2.75) is 6.92 Å². The number of carbonyl (C=O) groups is 2. The van der Waals surface area contributed by atoms with Gasteiger partial charge in [0.2, 0.25) is 0 Å². The molecule has 0 saturated carbocycles. The number of halogens is 1. The van der Waals surface area contributed by atoms with Crippen LogP contribution in [0.15, 0.2) is 40.9 Å². The molecular formula is C14H11BrN2O3. The van der Waals surface area contributed by atoms with E-state index in [1.165, 1.54) is 12.1 Å². The number of carboxylic acid groups (broad SMARTS) is 1. The van der Waals surface area contributed by atoms with Gasteiger partial charge in [0.1, 0.15) is 5.69 Å². The third-order valence-corrected chi connectivity index (χ3v) is 2.98. The van der Waals surface area contributed by atoms with Gasteiger partial charge in [-0.3, -0.25) is 4.79 Å². The van der Waals surface area contributed by atoms with Gasteiger partial charge in [-0.25, -0.2) is 9.78 Å². The molecule has 0 aliphatic carbocycles. The van der Waals surface area contributed by atoms with E-state index < -0.39 is 5.97 Å². The van der Waals surface area contributed by atoms with Crippen LogP contribution in [0.25, 0.3) is 0 Å². The highest BCUT2D eigenvalue weighted by atomic mass is 79.9. The lowest BCUT2D eigenvalue weighted by Gasteiger charge is -2.07. The molecule has 0 aliphatic heterocycles. The summed E-state index contributed by atoms with van der Waals surface area (Å²) >= 11 is 3.21. The van der Waals surface area contributed by atoms with Crippen molar-refractivity contribution in [1.82, 2.24) is 4.98 Å². The molecule has 1 heterocycles. The van der Waals surface area contributed by atoms with Crippen molar-refractivity contribution in [2.75, 3.05) is 5.32 Å². The number of carbonyl (C=O) groups excluding carboxylic acids is 1. The zero-order valence-corrected chi connectivity index (χ0v) is 12.1. The van der Waals surface area contributed by atoms with Crippen molar-refractivity contribution in [3.8, 4) is 0 Å². The zero-order valence-electron chi connectivity index (χ0n) is 10.6. The van der Waals surface area contributed by atoms with E-state index >= 15 is 0 Å². The number of nitrogens with one attached hydrogen (secondary N) is 1. The normalized spacial score (nSPS) is 10.1. The number of pyridine rings is 1. The van der Waals surface area contributed by atoms with Gasteiger partial charge in [-0.15, -0.1) is 0 Å². The Bertz CT molecular complexity index is 686. The van der Waals surface area contributed by atoms with Crippen LogP contribution in [0.5, 0.6) is 0 Å². The van der Waals surface area contributed by atoms with Crippen LogP contribution in [0.4, 0.5) is 5.69 Å². The maximum atomic E-state index is 12.0. The molecule has 2 aromatic rings. The van der Waals surface area contributed by atoms with Crippen molar-refractivity contribution >= 4 is 33.5 Å². The van der Waals surface area contributed by atoms with E-state index in [-0.39, 0.29) is 17.2 Å². The number of benzene rings is 1. The first kappa shape index (κ1) is 14.2. The predicted molar refractivity (Wildman–Crippen MR) is 78.0 cm³/mol. The quantitative estimate of drug-likeness (QED) is 0.903. The minimum atomic E-state index is -1.06. The Labute approximate surface area is 123 Å². The fraction of sp³-hybridized carbons (Fsp3) is 0.0714. The molecule has 6 heteroatoms. The van der Waals surface area contributed by atoms with Crippen LogP contribution >= 0.6 is 15.9 Å². The molecule has 0 unspecified atom stereocenters. The number of hydrogen-bond acceptors (Lipinski definition) is 3. The lowest BCUT2D eigenvalue weighted by molar-refractivity contribution is 0.0696. The average molecular weight is 335 g/mol. The molecule has 0 spiro atoms. The van der Waals surface area contributed by atoms with Crippen LogP contribution in [0, 0.1) is 6.92 Å². The highest BCUT2D eigenvalue weighted by molar-refractivity contribution is 9.10. The molecule has 1 aromatic carbocycles. The maximum absolute atomic E-state index is 12.0. The lowest BCUT2D eigenvalue weighted by atomic mass is 10.2. The number of aromatic carboxylic acids is 1. The summed E-state index contributed by atoms with van der Waals surface area (Å²) in [5, 5.41) is 11.6. The van der Waals surface area contributed by atoms with Crippen LogP contribution < -0.4 is 5.32 Å². The third-order valence-electron chi connectivity index (χ3n) is 2.52. The molecule has 2 rings (SSSR count). The summed E-state index contributed by atoms with van der Waals surface area (Å²) in [6, 6.07) is 9.60. The maximum Gasteiger partial charge on any atom is 0.335 e. The molecule has 5 nitrogen and oxygen atoms in total. The van der Waals surface area contributed by atoms with Gasteiger partial charge in [-0.1, -0.05) is 22.0 Å². The van der Waals surface area contributed by atoms with Crippen LogP contribution in [0.1, 0.15) is 26.5 Å². The molecule has 0 aliphatic rings. The second-order valence-electron chi connectivity index (χ2n) is 4.15. The summed E-state index contributed by atoms with van der Waals surface area (Å²) in [6.45, 7) is 1.79. The molecule has 0 atom stereocenters. The van der Waals surface area contributed by atoms with E-state index in [9.17, 15) is 9.59 Å². The number of rotatable bonds is 3. The number of hydrogen-bond donors (Lipinski definition) is 2. The minimum absolute atomic E-state index is 0.0897. The molecule has 0 radical (unpaired) electrons. The minimum Gasteiger partial charge on any atom is -0.478 e. The topological polar surface area (TPSA) is 79.3 Å². The van der Waals surface area contributed by atoms with E-state index in [0.29, 0.717) is 10.2 Å².